The van der Waals surface area contributed by atoms with Gasteiger partial charge in [-0.1, -0.05) is 35.5 Å². The van der Waals surface area contributed by atoms with Gasteiger partial charge in [-0.05, 0) is 36.2 Å². The van der Waals surface area contributed by atoms with E-state index in [1.165, 1.54) is 16.4 Å². The van der Waals surface area contributed by atoms with Gasteiger partial charge in [0.15, 0.2) is 5.82 Å². The van der Waals surface area contributed by atoms with Crippen LogP contribution >= 0.6 is 0 Å². The normalized spacial score (nSPS) is 17.3. The molecule has 1 fully saturated rings. The first-order valence-corrected chi connectivity index (χ1v) is 11.3. The molecule has 1 aromatic heterocycles. The quantitative estimate of drug-likeness (QED) is 0.545. The van der Waals surface area contributed by atoms with Gasteiger partial charge in [-0.15, -0.1) is 0 Å². The molecule has 2 heterocycles. The lowest BCUT2D eigenvalue weighted by Gasteiger charge is -2.15. The van der Waals surface area contributed by atoms with Crippen LogP contribution in [0.3, 0.4) is 0 Å². The Morgan fingerprint density at radius 1 is 1.13 bits per heavy atom. The van der Waals surface area contributed by atoms with Crippen LogP contribution in [0.5, 0.6) is 5.75 Å². The van der Waals surface area contributed by atoms with E-state index in [1.54, 1.807) is 12.1 Å². The number of ether oxygens (including phenoxy) is 1. The zero-order valence-electron chi connectivity index (χ0n) is 16.3. The highest BCUT2D eigenvalue weighted by atomic mass is 32.2. The van der Waals surface area contributed by atoms with Crippen molar-refractivity contribution in [2.24, 2.45) is 0 Å². The standard InChI is InChI=1S/C21H22FN3O4S/c22-18-6-8-19(9-7-18)28-13-11-20-23-21(29-24-20)17-10-12-25(14-17)30(26,27)15-16-4-2-1-3-5-16/h1-9,17H,10-15H2. The maximum Gasteiger partial charge on any atom is 0.231 e. The summed E-state index contributed by atoms with van der Waals surface area (Å²) in [5, 5.41) is 3.97. The molecule has 1 atom stereocenters. The summed E-state index contributed by atoms with van der Waals surface area (Å²) in [5.41, 5.74) is 0.766. The monoisotopic (exact) mass is 431 g/mol. The summed E-state index contributed by atoms with van der Waals surface area (Å²) in [6.45, 7) is 1.10. The second kappa shape index (κ2) is 8.93. The zero-order chi connectivity index (χ0) is 21.0. The van der Waals surface area contributed by atoms with E-state index < -0.39 is 10.0 Å². The van der Waals surface area contributed by atoms with Gasteiger partial charge in [0.2, 0.25) is 15.9 Å². The van der Waals surface area contributed by atoms with E-state index in [9.17, 15) is 12.8 Å². The van der Waals surface area contributed by atoms with Crippen molar-refractivity contribution >= 4 is 10.0 Å². The smallest absolute Gasteiger partial charge is 0.231 e. The summed E-state index contributed by atoms with van der Waals surface area (Å²) < 4.78 is 50.7. The van der Waals surface area contributed by atoms with E-state index in [0.29, 0.717) is 50.0 Å². The molecule has 0 amide bonds. The first-order chi connectivity index (χ1) is 14.5. The summed E-state index contributed by atoms with van der Waals surface area (Å²) in [6.07, 6.45) is 1.07. The number of nitrogens with zero attached hydrogens (tertiary/aromatic N) is 3. The Kier molecular flexibility index (Phi) is 6.10. The van der Waals surface area contributed by atoms with Crippen LogP contribution in [-0.4, -0.2) is 42.6 Å². The third kappa shape index (κ3) is 5.03. The van der Waals surface area contributed by atoms with Gasteiger partial charge in [-0.3, -0.25) is 0 Å². The summed E-state index contributed by atoms with van der Waals surface area (Å²) in [6, 6.07) is 14.9. The van der Waals surface area contributed by atoms with Crippen molar-refractivity contribution in [3.63, 3.8) is 0 Å². The minimum Gasteiger partial charge on any atom is -0.493 e. The summed E-state index contributed by atoms with van der Waals surface area (Å²) in [5.74, 6) is 1.06. The first kappa shape index (κ1) is 20.5. The number of benzene rings is 2. The Morgan fingerprint density at radius 2 is 1.90 bits per heavy atom. The van der Waals surface area contributed by atoms with Gasteiger partial charge in [0, 0.05) is 19.5 Å². The molecule has 1 saturated heterocycles. The largest absolute Gasteiger partial charge is 0.493 e. The molecule has 0 radical (unpaired) electrons. The average Bonchev–Trinajstić information content (AvgIpc) is 3.40. The Labute approximate surface area is 174 Å². The number of rotatable bonds is 8. The van der Waals surface area contributed by atoms with Crippen LogP contribution in [0, 0.1) is 5.82 Å². The molecule has 1 unspecified atom stereocenters. The molecule has 1 aliphatic rings. The van der Waals surface area contributed by atoms with Gasteiger partial charge in [-0.2, -0.15) is 4.98 Å². The molecule has 0 saturated carbocycles. The number of aromatic nitrogens is 2. The van der Waals surface area contributed by atoms with Crippen molar-refractivity contribution in [1.82, 2.24) is 14.4 Å². The lowest BCUT2D eigenvalue weighted by Crippen LogP contribution is -2.29. The van der Waals surface area contributed by atoms with Crippen LogP contribution in [-0.2, 0) is 22.2 Å². The van der Waals surface area contributed by atoms with E-state index in [0.717, 1.165) is 5.56 Å². The zero-order valence-corrected chi connectivity index (χ0v) is 17.1. The van der Waals surface area contributed by atoms with Crippen molar-refractivity contribution < 1.29 is 22.1 Å². The van der Waals surface area contributed by atoms with Crippen LogP contribution in [0.2, 0.25) is 0 Å². The molecule has 0 bridgehead atoms. The fourth-order valence-electron chi connectivity index (χ4n) is 3.38. The summed E-state index contributed by atoms with van der Waals surface area (Å²) in [7, 11) is -3.40. The first-order valence-electron chi connectivity index (χ1n) is 9.72. The number of hydrogen-bond acceptors (Lipinski definition) is 6. The van der Waals surface area contributed by atoms with Crippen LogP contribution in [0.1, 0.15) is 29.6 Å². The van der Waals surface area contributed by atoms with Crippen LogP contribution in [0.4, 0.5) is 4.39 Å². The minimum atomic E-state index is -3.40. The molecule has 3 aromatic rings. The van der Waals surface area contributed by atoms with Gasteiger partial charge >= 0.3 is 0 Å². The third-order valence-electron chi connectivity index (χ3n) is 4.98. The van der Waals surface area contributed by atoms with Crippen LogP contribution < -0.4 is 4.74 Å². The van der Waals surface area contributed by atoms with Crippen molar-refractivity contribution in [2.75, 3.05) is 19.7 Å². The molecule has 4 rings (SSSR count). The summed E-state index contributed by atoms with van der Waals surface area (Å²) >= 11 is 0. The van der Waals surface area contributed by atoms with Gasteiger partial charge < -0.3 is 9.26 Å². The second-order valence-corrected chi connectivity index (χ2v) is 9.16. The molecule has 2 aromatic carbocycles. The number of hydrogen-bond donors (Lipinski definition) is 0. The molecule has 0 aliphatic carbocycles. The molecule has 7 nitrogen and oxygen atoms in total. The minimum absolute atomic E-state index is 0.0175. The van der Waals surface area contributed by atoms with Gasteiger partial charge in [0.25, 0.3) is 0 Å². The van der Waals surface area contributed by atoms with E-state index in [1.807, 2.05) is 30.3 Å². The Hall–Kier alpha value is -2.78. The highest BCUT2D eigenvalue weighted by molar-refractivity contribution is 7.88. The Bertz CT molecular complexity index is 1070. The topological polar surface area (TPSA) is 85.5 Å². The van der Waals surface area contributed by atoms with Crippen molar-refractivity contribution in [1.29, 1.82) is 0 Å². The fraction of sp³-hybridized carbons (Fsp3) is 0.333. The van der Waals surface area contributed by atoms with E-state index in [4.69, 9.17) is 9.26 Å². The lowest BCUT2D eigenvalue weighted by molar-refractivity contribution is 0.312. The van der Waals surface area contributed by atoms with Crippen LogP contribution in [0.15, 0.2) is 59.1 Å². The highest BCUT2D eigenvalue weighted by Gasteiger charge is 2.34. The van der Waals surface area contributed by atoms with Crippen LogP contribution in [0.25, 0.3) is 0 Å². The average molecular weight is 431 g/mol. The fourth-order valence-corrected chi connectivity index (χ4v) is 4.97. The number of sulfonamides is 1. The Morgan fingerprint density at radius 3 is 2.67 bits per heavy atom. The third-order valence-corrected chi connectivity index (χ3v) is 6.79. The molecule has 0 N–H and O–H groups in total. The maximum absolute atomic E-state index is 12.9. The maximum atomic E-state index is 12.9. The number of halogens is 1. The molecule has 158 valence electrons. The lowest BCUT2D eigenvalue weighted by atomic mass is 10.1. The molecule has 30 heavy (non-hydrogen) atoms. The summed E-state index contributed by atoms with van der Waals surface area (Å²) in [4.78, 5) is 4.40. The van der Waals surface area contributed by atoms with Gasteiger partial charge in [0.05, 0.1) is 18.3 Å². The van der Waals surface area contributed by atoms with E-state index in [2.05, 4.69) is 10.1 Å². The highest BCUT2D eigenvalue weighted by Crippen LogP contribution is 2.29. The molecular weight excluding hydrogens is 409 g/mol. The van der Waals surface area contributed by atoms with E-state index >= 15 is 0 Å². The Balaban J connectivity index is 1.30. The van der Waals surface area contributed by atoms with Crippen molar-refractivity contribution in [2.45, 2.75) is 24.5 Å². The predicted octanol–water partition coefficient (Wildman–Crippen LogP) is 3.15. The predicted molar refractivity (Wildman–Crippen MR) is 108 cm³/mol. The molecule has 9 heteroatoms. The molecule has 1 aliphatic heterocycles. The molecule has 0 spiro atoms. The second-order valence-electron chi connectivity index (χ2n) is 7.19. The van der Waals surface area contributed by atoms with Gasteiger partial charge in [0.1, 0.15) is 11.6 Å². The molecular formula is C21H22FN3O4S. The SMILES string of the molecule is O=S(=O)(Cc1ccccc1)N1CCC(c2nc(CCOc3ccc(F)cc3)no2)C1. The van der Waals surface area contributed by atoms with Crippen molar-refractivity contribution in [3.8, 4) is 5.75 Å². The van der Waals surface area contributed by atoms with Crippen molar-refractivity contribution in [3.05, 3.63) is 77.7 Å². The van der Waals surface area contributed by atoms with Gasteiger partial charge in [-0.25, -0.2) is 17.1 Å². The van der Waals surface area contributed by atoms with E-state index in [-0.39, 0.29) is 17.5 Å².